The Kier molecular flexibility index (Phi) is 5.30. The van der Waals surface area contributed by atoms with Crippen LogP contribution >= 0.6 is 0 Å². The van der Waals surface area contributed by atoms with Crippen molar-refractivity contribution < 1.29 is 0 Å². The Balaban J connectivity index is 1.60. The van der Waals surface area contributed by atoms with Crippen LogP contribution in [0, 0.1) is 13.8 Å². The van der Waals surface area contributed by atoms with Gasteiger partial charge in [0.25, 0.3) is 0 Å². The molecule has 0 radical (unpaired) electrons. The lowest BCUT2D eigenvalue weighted by atomic mass is 10.0. The number of hydrogen-bond donors (Lipinski definition) is 3. The summed E-state index contributed by atoms with van der Waals surface area (Å²) in [6, 6.07) is 27.3. The van der Waals surface area contributed by atoms with E-state index in [1.54, 1.807) is 0 Å². The molecule has 5 aromatic rings. The first-order valence-corrected chi connectivity index (χ1v) is 13.0. The van der Waals surface area contributed by atoms with Crippen molar-refractivity contribution in [3.8, 4) is 22.3 Å². The molecule has 0 atom stereocenters. The lowest BCUT2D eigenvalue weighted by molar-refractivity contribution is 1.31. The standard InChI is InChI=1S/C34H27N5/c1-20-5-3-7-22(17-20)32-26-11-9-24(36-26)19-25-10-12-27(37-25)33(23-8-4-6-21(2)18-23)29-14-16-31(39-29)34(35)30-15-13-28(32)38-30/h3-19,36,39H,35H2,1-2H3. The molecule has 5 nitrogen and oxygen atoms in total. The van der Waals surface area contributed by atoms with Crippen molar-refractivity contribution in [3.63, 3.8) is 0 Å². The van der Waals surface area contributed by atoms with Gasteiger partial charge in [-0.05, 0) is 79.6 Å². The molecule has 39 heavy (non-hydrogen) atoms. The summed E-state index contributed by atoms with van der Waals surface area (Å²) in [7, 11) is 0. The molecule has 2 aliphatic rings. The minimum absolute atomic E-state index is 0.600. The number of H-pyrrole nitrogens is 2. The largest absolute Gasteiger partial charge is 0.395 e. The van der Waals surface area contributed by atoms with Crippen LogP contribution in [-0.2, 0) is 0 Å². The smallest absolute Gasteiger partial charge is 0.0888 e. The van der Waals surface area contributed by atoms with Crippen LogP contribution < -0.4 is 5.73 Å². The highest BCUT2D eigenvalue weighted by atomic mass is 14.8. The number of aromatic amines is 2. The number of rotatable bonds is 2. The van der Waals surface area contributed by atoms with Gasteiger partial charge in [0, 0.05) is 27.7 Å². The van der Waals surface area contributed by atoms with Crippen molar-refractivity contribution in [1.29, 1.82) is 0 Å². The van der Waals surface area contributed by atoms with E-state index >= 15 is 0 Å². The van der Waals surface area contributed by atoms with Crippen LogP contribution in [0.3, 0.4) is 0 Å². The summed E-state index contributed by atoms with van der Waals surface area (Å²) < 4.78 is 0. The fourth-order valence-corrected chi connectivity index (χ4v) is 5.37. The predicted octanol–water partition coefficient (Wildman–Crippen LogP) is 8.19. The number of anilines is 1. The summed E-state index contributed by atoms with van der Waals surface area (Å²) in [6.45, 7) is 4.21. The maximum absolute atomic E-state index is 6.72. The van der Waals surface area contributed by atoms with E-state index in [0.29, 0.717) is 5.69 Å². The third-order valence-corrected chi connectivity index (χ3v) is 7.23. The fourth-order valence-electron chi connectivity index (χ4n) is 5.37. The molecule has 0 saturated heterocycles. The average Bonchev–Trinajstić information content (AvgIpc) is 3.73. The van der Waals surface area contributed by atoms with Crippen molar-refractivity contribution in [2.45, 2.75) is 13.8 Å². The van der Waals surface area contributed by atoms with Gasteiger partial charge in [-0.1, -0.05) is 59.7 Å². The topological polar surface area (TPSA) is 83.4 Å². The van der Waals surface area contributed by atoms with Crippen molar-refractivity contribution in [3.05, 3.63) is 113 Å². The zero-order chi connectivity index (χ0) is 26.5. The molecule has 0 aliphatic carbocycles. The molecule has 4 N–H and O–H groups in total. The van der Waals surface area contributed by atoms with Crippen LogP contribution in [0.15, 0.2) is 78.9 Å². The normalized spacial score (nSPS) is 12.3. The van der Waals surface area contributed by atoms with E-state index < -0.39 is 0 Å². The Hall–Kier alpha value is -5.16. The number of nitrogens with one attached hydrogen (secondary N) is 2. The number of benzene rings is 2. The Morgan fingerprint density at radius 3 is 1.87 bits per heavy atom. The second kappa shape index (κ2) is 8.99. The van der Waals surface area contributed by atoms with Crippen LogP contribution in [-0.4, -0.2) is 19.9 Å². The van der Waals surface area contributed by atoms with Crippen LogP contribution in [0.25, 0.3) is 68.6 Å². The minimum Gasteiger partial charge on any atom is -0.395 e. The number of nitrogens with two attached hydrogens (primary N) is 1. The van der Waals surface area contributed by atoms with Gasteiger partial charge in [-0.2, -0.15) is 0 Å². The minimum atomic E-state index is 0.600. The van der Waals surface area contributed by atoms with E-state index in [2.05, 4.69) is 109 Å². The van der Waals surface area contributed by atoms with E-state index in [4.69, 9.17) is 15.7 Å². The first kappa shape index (κ1) is 23.0. The summed E-state index contributed by atoms with van der Waals surface area (Å²) in [5, 5.41) is 0. The molecule has 5 heteroatoms. The van der Waals surface area contributed by atoms with Crippen molar-refractivity contribution in [2.75, 3.05) is 5.73 Å². The molecule has 7 rings (SSSR count). The molecule has 0 saturated carbocycles. The summed E-state index contributed by atoms with van der Waals surface area (Å²) in [5.41, 5.74) is 21.1. The first-order valence-electron chi connectivity index (χ1n) is 13.0. The Labute approximate surface area is 226 Å². The van der Waals surface area contributed by atoms with E-state index in [1.807, 2.05) is 18.2 Å². The summed E-state index contributed by atoms with van der Waals surface area (Å²) >= 11 is 0. The van der Waals surface area contributed by atoms with Gasteiger partial charge in [0.2, 0.25) is 0 Å². The molecule has 0 amide bonds. The van der Waals surface area contributed by atoms with E-state index in [9.17, 15) is 0 Å². The summed E-state index contributed by atoms with van der Waals surface area (Å²) in [5.74, 6) is 0. The number of fused-ring (bicyclic) bond motifs is 8. The lowest BCUT2D eigenvalue weighted by Gasteiger charge is -2.05. The number of nitrogens with zero attached hydrogens (tertiary/aromatic N) is 2. The third kappa shape index (κ3) is 4.14. The molecule has 0 spiro atoms. The molecule has 188 valence electrons. The predicted molar refractivity (Wildman–Crippen MR) is 164 cm³/mol. The molecule has 5 heterocycles. The van der Waals surface area contributed by atoms with Crippen LogP contribution in [0.1, 0.15) is 33.9 Å². The van der Waals surface area contributed by atoms with E-state index in [1.165, 1.54) is 11.1 Å². The average molecular weight is 506 g/mol. The Morgan fingerprint density at radius 2 is 1.15 bits per heavy atom. The lowest BCUT2D eigenvalue weighted by Crippen LogP contribution is -1.91. The Bertz CT molecular complexity index is 1960. The van der Waals surface area contributed by atoms with E-state index in [-0.39, 0.29) is 0 Å². The molecular formula is C34H27N5. The zero-order valence-corrected chi connectivity index (χ0v) is 21.8. The third-order valence-electron chi connectivity index (χ3n) is 7.23. The summed E-state index contributed by atoms with van der Waals surface area (Å²) in [6.07, 6.45) is 8.17. The van der Waals surface area contributed by atoms with Gasteiger partial charge in [0.1, 0.15) is 0 Å². The van der Waals surface area contributed by atoms with Crippen molar-refractivity contribution in [1.82, 2.24) is 19.9 Å². The summed E-state index contributed by atoms with van der Waals surface area (Å²) in [4.78, 5) is 17.2. The maximum Gasteiger partial charge on any atom is 0.0888 e. The highest BCUT2D eigenvalue weighted by Crippen LogP contribution is 2.34. The van der Waals surface area contributed by atoms with Crippen LogP contribution in [0.2, 0.25) is 0 Å². The van der Waals surface area contributed by atoms with Gasteiger partial charge in [0.05, 0.1) is 34.0 Å². The highest BCUT2D eigenvalue weighted by Gasteiger charge is 2.15. The Morgan fingerprint density at radius 1 is 0.564 bits per heavy atom. The molecule has 8 bridgehead atoms. The van der Waals surface area contributed by atoms with Gasteiger partial charge in [-0.3, -0.25) is 0 Å². The quantitative estimate of drug-likeness (QED) is 0.221. The molecule has 2 aliphatic heterocycles. The monoisotopic (exact) mass is 505 g/mol. The highest BCUT2D eigenvalue weighted by molar-refractivity contribution is 5.95. The van der Waals surface area contributed by atoms with Gasteiger partial charge in [0.15, 0.2) is 0 Å². The molecule has 2 aromatic carbocycles. The van der Waals surface area contributed by atoms with Crippen molar-refractivity contribution >= 4 is 52.1 Å². The van der Waals surface area contributed by atoms with Gasteiger partial charge in [-0.25, -0.2) is 9.97 Å². The number of aromatic nitrogens is 4. The molecule has 0 unspecified atom stereocenters. The van der Waals surface area contributed by atoms with Gasteiger partial charge >= 0.3 is 0 Å². The second-order valence-corrected chi connectivity index (χ2v) is 10.1. The number of aryl methyl sites for hydroxylation is 2. The van der Waals surface area contributed by atoms with Crippen molar-refractivity contribution in [2.24, 2.45) is 0 Å². The van der Waals surface area contributed by atoms with Crippen LogP contribution in [0.5, 0.6) is 0 Å². The number of hydrogen-bond acceptors (Lipinski definition) is 3. The maximum atomic E-state index is 6.72. The molecule has 3 aromatic heterocycles. The van der Waals surface area contributed by atoms with E-state index in [0.717, 1.165) is 67.1 Å². The second-order valence-electron chi connectivity index (χ2n) is 10.1. The number of nitrogen functional groups attached to an aromatic ring is 1. The zero-order valence-electron chi connectivity index (χ0n) is 21.8. The first-order chi connectivity index (χ1) is 19.0. The fraction of sp³-hybridized carbons (Fsp3) is 0.0588. The molecular weight excluding hydrogens is 478 g/mol. The van der Waals surface area contributed by atoms with Gasteiger partial charge < -0.3 is 15.7 Å². The molecule has 0 fully saturated rings. The van der Waals surface area contributed by atoms with Crippen LogP contribution in [0.4, 0.5) is 5.69 Å². The van der Waals surface area contributed by atoms with Gasteiger partial charge in [-0.15, -0.1) is 0 Å². The SMILES string of the molecule is Cc1cccc(-c2c3nc(c(N)c4ccc([nH]4)c(-c4cccc(C)c4)c4nc(cc5ccc2[nH]5)C=C4)C=C3)c1.